The van der Waals surface area contributed by atoms with Crippen LogP contribution in [0.25, 0.3) is 0 Å². The Balaban J connectivity index is 2.49. The predicted molar refractivity (Wildman–Crippen MR) is 56.9 cm³/mol. The number of thioether (sulfide) groups is 1. The normalized spacial score (nSPS) is 30.4. The minimum Gasteiger partial charge on any atom is -0.340 e. The summed E-state index contributed by atoms with van der Waals surface area (Å²) in [4.78, 5) is 13.3. The van der Waals surface area contributed by atoms with Crippen molar-refractivity contribution < 1.29 is 4.79 Å². The Kier molecular flexibility index (Phi) is 3.90. The van der Waals surface area contributed by atoms with Crippen molar-refractivity contribution in [3.05, 3.63) is 0 Å². The average molecular weight is 252 g/mol. The smallest absolute Gasteiger partial charge is 0.233 e. The number of carbonyl (C=O) groups is 1. The van der Waals surface area contributed by atoms with E-state index >= 15 is 0 Å². The van der Waals surface area contributed by atoms with E-state index in [9.17, 15) is 4.79 Å². The van der Waals surface area contributed by atoms with E-state index in [-0.39, 0.29) is 5.91 Å². The zero-order valence-electron chi connectivity index (χ0n) is 7.42. The summed E-state index contributed by atoms with van der Waals surface area (Å²) in [5.41, 5.74) is 0. The lowest BCUT2D eigenvalue weighted by Gasteiger charge is -2.34. The fourth-order valence-corrected chi connectivity index (χ4v) is 3.15. The van der Waals surface area contributed by atoms with Crippen LogP contribution in [-0.2, 0) is 4.79 Å². The number of rotatable bonds is 1. The molecule has 1 saturated heterocycles. The number of hydrogen-bond acceptors (Lipinski definition) is 2. The fraction of sp³-hybridized carbons (Fsp3) is 0.875. The third kappa shape index (κ3) is 2.66. The lowest BCUT2D eigenvalue weighted by atomic mass is 10.3. The van der Waals surface area contributed by atoms with Gasteiger partial charge in [0.2, 0.25) is 5.91 Å². The van der Waals surface area contributed by atoms with Gasteiger partial charge in [0, 0.05) is 23.6 Å². The zero-order valence-corrected chi connectivity index (χ0v) is 9.82. The second-order valence-corrected chi connectivity index (χ2v) is 5.63. The van der Waals surface area contributed by atoms with Crippen LogP contribution in [0, 0.1) is 0 Å². The Hall–Kier alpha value is 0.300. The van der Waals surface area contributed by atoms with Crippen LogP contribution in [0.2, 0.25) is 0 Å². The number of carbonyl (C=O) groups excluding carboxylic acids is 1. The van der Waals surface area contributed by atoms with Crippen LogP contribution in [0.3, 0.4) is 0 Å². The molecule has 1 heterocycles. The molecule has 0 radical (unpaired) electrons. The largest absolute Gasteiger partial charge is 0.340 e. The van der Waals surface area contributed by atoms with Gasteiger partial charge in [0.15, 0.2) is 0 Å². The first kappa shape index (κ1) is 10.4. The van der Waals surface area contributed by atoms with E-state index in [1.165, 1.54) is 0 Å². The van der Waals surface area contributed by atoms with Crippen LogP contribution in [-0.4, -0.2) is 39.7 Å². The number of amides is 1. The topological polar surface area (TPSA) is 20.3 Å². The van der Waals surface area contributed by atoms with Crippen molar-refractivity contribution in [3.63, 3.8) is 0 Å². The van der Waals surface area contributed by atoms with Crippen molar-refractivity contribution in [3.8, 4) is 0 Å². The first-order valence-corrected chi connectivity index (χ1v) is 6.19. The highest BCUT2D eigenvalue weighted by Crippen LogP contribution is 2.24. The summed E-state index contributed by atoms with van der Waals surface area (Å²) in [5, 5.41) is 1.62. The second kappa shape index (κ2) is 4.51. The van der Waals surface area contributed by atoms with Crippen LogP contribution >= 0.6 is 27.7 Å². The van der Waals surface area contributed by atoms with E-state index in [4.69, 9.17) is 0 Å². The molecular weight excluding hydrogens is 238 g/mol. The van der Waals surface area contributed by atoms with E-state index in [0.29, 0.717) is 15.8 Å². The summed E-state index contributed by atoms with van der Waals surface area (Å²) in [6, 6.07) is 0. The standard InChI is InChI=1S/C8H14BrNOS/c1-6-4-10(8(11)3-9)5-7(2)12-6/h6-7H,3-5H2,1-2H3. The van der Waals surface area contributed by atoms with Crippen LogP contribution in [0.4, 0.5) is 0 Å². The van der Waals surface area contributed by atoms with Crippen LogP contribution in [0.1, 0.15) is 13.8 Å². The Labute approximate surface area is 86.2 Å². The van der Waals surface area contributed by atoms with Crippen molar-refractivity contribution in [1.29, 1.82) is 0 Å². The molecule has 4 heteroatoms. The maximum atomic E-state index is 11.3. The van der Waals surface area contributed by atoms with E-state index in [1.807, 2.05) is 16.7 Å². The van der Waals surface area contributed by atoms with Gasteiger partial charge in [-0.2, -0.15) is 11.8 Å². The summed E-state index contributed by atoms with van der Waals surface area (Å²) in [6.07, 6.45) is 0. The molecule has 1 aliphatic rings. The van der Waals surface area contributed by atoms with Gasteiger partial charge in [-0.1, -0.05) is 29.8 Å². The van der Waals surface area contributed by atoms with Gasteiger partial charge >= 0.3 is 0 Å². The van der Waals surface area contributed by atoms with Crippen LogP contribution in [0.5, 0.6) is 0 Å². The molecule has 2 atom stereocenters. The molecule has 0 N–H and O–H groups in total. The molecule has 1 fully saturated rings. The molecule has 0 aromatic rings. The number of alkyl halides is 1. The van der Waals surface area contributed by atoms with Crippen molar-refractivity contribution in [1.82, 2.24) is 4.90 Å². The lowest BCUT2D eigenvalue weighted by Crippen LogP contribution is -2.44. The SMILES string of the molecule is CC1CN(C(=O)CBr)CC(C)S1. The third-order valence-corrected chi connectivity index (χ3v) is 3.59. The van der Waals surface area contributed by atoms with Gasteiger partial charge in [-0.05, 0) is 0 Å². The molecule has 2 nitrogen and oxygen atoms in total. The van der Waals surface area contributed by atoms with Gasteiger partial charge in [-0.15, -0.1) is 0 Å². The highest BCUT2D eigenvalue weighted by molar-refractivity contribution is 9.09. The molecule has 0 spiro atoms. The molecule has 0 aromatic heterocycles. The van der Waals surface area contributed by atoms with Crippen LogP contribution in [0.15, 0.2) is 0 Å². The summed E-state index contributed by atoms with van der Waals surface area (Å²) in [6.45, 7) is 6.16. The van der Waals surface area contributed by atoms with E-state index in [1.54, 1.807) is 0 Å². The van der Waals surface area contributed by atoms with Gasteiger partial charge in [0.1, 0.15) is 0 Å². The average Bonchev–Trinajstić information content (AvgIpc) is 2.01. The number of halogens is 1. The zero-order chi connectivity index (χ0) is 9.14. The highest BCUT2D eigenvalue weighted by Gasteiger charge is 2.24. The molecule has 0 bridgehead atoms. The molecule has 70 valence electrons. The summed E-state index contributed by atoms with van der Waals surface area (Å²) in [7, 11) is 0. The Morgan fingerprint density at radius 3 is 2.42 bits per heavy atom. The maximum absolute atomic E-state index is 11.3. The quantitative estimate of drug-likeness (QED) is 0.662. The molecule has 12 heavy (non-hydrogen) atoms. The molecule has 1 amide bonds. The Morgan fingerprint density at radius 2 is 2.00 bits per heavy atom. The summed E-state index contributed by atoms with van der Waals surface area (Å²) < 4.78 is 0. The fourth-order valence-electron chi connectivity index (χ4n) is 1.47. The molecular formula is C8H14BrNOS. The molecule has 0 aliphatic carbocycles. The Morgan fingerprint density at radius 1 is 1.50 bits per heavy atom. The van der Waals surface area contributed by atoms with Gasteiger partial charge in [0.25, 0.3) is 0 Å². The van der Waals surface area contributed by atoms with Crippen molar-refractivity contribution in [2.75, 3.05) is 18.4 Å². The molecule has 0 saturated carbocycles. The highest BCUT2D eigenvalue weighted by atomic mass is 79.9. The van der Waals surface area contributed by atoms with Crippen molar-refractivity contribution in [2.45, 2.75) is 24.3 Å². The van der Waals surface area contributed by atoms with Crippen molar-refractivity contribution in [2.24, 2.45) is 0 Å². The lowest BCUT2D eigenvalue weighted by molar-refractivity contribution is -0.128. The van der Waals surface area contributed by atoms with Gasteiger partial charge < -0.3 is 4.90 Å². The van der Waals surface area contributed by atoms with Gasteiger partial charge in [0.05, 0.1) is 5.33 Å². The van der Waals surface area contributed by atoms with Gasteiger partial charge in [-0.3, -0.25) is 4.79 Å². The van der Waals surface area contributed by atoms with E-state index < -0.39 is 0 Å². The van der Waals surface area contributed by atoms with E-state index in [2.05, 4.69) is 29.8 Å². The monoisotopic (exact) mass is 251 g/mol. The molecule has 0 aromatic carbocycles. The summed E-state index contributed by atoms with van der Waals surface area (Å²) in [5.74, 6) is 0.217. The van der Waals surface area contributed by atoms with E-state index in [0.717, 1.165) is 13.1 Å². The second-order valence-electron chi connectivity index (χ2n) is 3.19. The molecule has 1 aliphatic heterocycles. The number of nitrogens with zero attached hydrogens (tertiary/aromatic N) is 1. The summed E-state index contributed by atoms with van der Waals surface area (Å²) >= 11 is 5.16. The molecule has 1 rings (SSSR count). The van der Waals surface area contributed by atoms with Crippen LogP contribution < -0.4 is 0 Å². The maximum Gasteiger partial charge on any atom is 0.233 e. The first-order chi connectivity index (χ1) is 5.63. The predicted octanol–water partition coefficient (Wildman–Crippen LogP) is 1.73. The minimum absolute atomic E-state index is 0.217. The molecule has 2 unspecified atom stereocenters. The third-order valence-electron chi connectivity index (χ3n) is 1.89. The van der Waals surface area contributed by atoms with Crippen molar-refractivity contribution >= 4 is 33.6 Å². The minimum atomic E-state index is 0.217. The number of hydrogen-bond donors (Lipinski definition) is 0. The first-order valence-electron chi connectivity index (χ1n) is 4.12. The Bertz CT molecular complexity index is 166. The van der Waals surface area contributed by atoms with Gasteiger partial charge in [-0.25, -0.2) is 0 Å².